The maximum Gasteiger partial charge on any atom is 0.339 e. The van der Waals surface area contributed by atoms with Crippen molar-refractivity contribution in [3.05, 3.63) is 52.9 Å². The van der Waals surface area contributed by atoms with Crippen LogP contribution in [-0.2, 0) is 14.3 Å². The maximum atomic E-state index is 12.2. The summed E-state index contributed by atoms with van der Waals surface area (Å²) in [6.07, 6.45) is 2.51. The zero-order chi connectivity index (χ0) is 18.8. The fourth-order valence-corrected chi connectivity index (χ4v) is 3.14. The minimum absolute atomic E-state index is 0.0944. The van der Waals surface area contributed by atoms with Crippen LogP contribution in [0.1, 0.15) is 39.2 Å². The van der Waals surface area contributed by atoms with Gasteiger partial charge in [-0.05, 0) is 39.3 Å². The van der Waals surface area contributed by atoms with E-state index < -0.39 is 11.5 Å². The van der Waals surface area contributed by atoms with Crippen molar-refractivity contribution in [1.82, 2.24) is 0 Å². The van der Waals surface area contributed by atoms with Crippen molar-refractivity contribution in [1.29, 1.82) is 0 Å². The third-order valence-corrected chi connectivity index (χ3v) is 4.37. The number of esters is 1. The lowest BCUT2D eigenvalue weighted by molar-refractivity contribution is -0.136. The SMILES string of the molecule is CCCC(=O)/C=C1\C(O)=C(C(=O)OC)C(C)(C)N1c1ccc(C)cc1. The summed E-state index contributed by atoms with van der Waals surface area (Å²) in [5.74, 6) is -0.907. The van der Waals surface area contributed by atoms with Gasteiger partial charge in [-0.25, -0.2) is 4.79 Å². The molecule has 1 aromatic rings. The third kappa shape index (κ3) is 3.45. The van der Waals surface area contributed by atoms with E-state index in [1.807, 2.05) is 56.9 Å². The van der Waals surface area contributed by atoms with E-state index in [1.54, 1.807) is 0 Å². The first kappa shape index (κ1) is 18.8. The molecule has 1 N–H and O–H groups in total. The van der Waals surface area contributed by atoms with Gasteiger partial charge in [0.1, 0.15) is 5.57 Å². The van der Waals surface area contributed by atoms with Gasteiger partial charge < -0.3 is 14.7 Å². The summed E-state index contributed by atoms with van der Waals surface area (Å²) in [5.41, 5.74) is 1.50. The normalized spacial score (nSPS) is 18.0. The number of hydrogen-bond donors (Lipinski definition) is 1. The van der Waals surface area contributed by atoms with Crippen LogP contribution in [0.15, 0.2) is 47.4 Å². The minimum Gasteiger partial charge on any atom is -0.505 e. The average Bonchev–Trinajstić information content (AvgIpc) is 2.74. The molecule has 5 heteroatoms. The number of anilines is 1. The first-order valence-electron chi connectivity index (χ1n) is 8.37. The molecular weight excluding hydrogens is 318 g/mol. The average molecular weight is 343 g/mol. The Labute approximate surface area is 148 Å². The zero-order valence-electron chi connectivity index (χ0n) is 15.4. The van der Waals surface area contributed by atoms with Crippen LogP contribution < -0.4 is 4.90 Å². The number of carbonyl (C=O) groups is 2. The molecule has 1 aliphatic rings. The van der Waals surface area contributed by atoms with Crippen LogP contribution in [0.3, 0.4) is 0 Å². The first-order valence-corrected chi connectivity index (χ1v) is 8.37. The van der Waals surface area contributed by atoms with Crippen LogP contribution in [0, 0.1) is 6.92 Å². The van der Waals surface area contributed by atoms with Gasteiger partial charge in [0.15, 0.2) is 11.5 Å². The summed E-state index contributed by atoms with van der Waals surface area (Å²) < 4.78 is 4.85. The van der Waals surface area contributed by atoms with Gasteiger partial charge in [0.05, 0.1) is 18.3 Å². The Bertz CT molecular complexity index is 741. The molecule has 5 nitrogen and oxygen atoms in total. The summed E-state index contributed by atoms with van der Waals surface area (Å²) in [4.78, 5) is 26.2. The molecule has 134 valence electrons. The topological polar surface area (TPSA) is 66.8 Å². The molecule has 0 aliphatic carbocycles. The van der Waals surface area contributed by atoms with E-state index in [1.165, 1.54) is 13.2 Å². The molecule has 25 heavy (non-hydrogen) atoms. The Balaban J connectivity index is 2.64. The second-order valence-electron chi connectivity index (χ2n) is 6.69. The fourth-order valence-electron chi connectivity index (χ4n) is 3.14. The van der Waals surface area contributed by atoms with E-state index in [2.05, 4.69) is 0 Å². The predicted octanol–water partition coefficient (Wildman–Crippen LogP) is 3.83. The van der Waals surface area contributed by atoms with E-state index >= 15 is 0 Å². The molecule has 0 aromatic heterocycles. The van der Waals surface area contributed by atoms with Gasteiger partial charge in [-0.2, -0.15) is 0 Å². The molecule has 0 atom stereocenters. The van der Waals surface area contributed by atoms with Crippen molar-refractivity contribution < 1.29 is 19.4 Å². The zero-order valence-corrected chi connectivity index (χ0v) is 15.4. The summed E-state index contributed by atoms with van der Waals surface area (Å²) in [5, 5.41) is 10.7. The van der Waals surface area contributed by atoms with Crippen molar-refractivity contribution in [3.8, 4) is 0 Å². The predicted molar refractivity (Wildman–Crippen MR) is 97.4 cm³/mol. The van der Waals surface area contributed by atoms with Gasteiger partial charge in [-0.15, -0.1) is 0 Å². The number of hydrogen-bond acceptors (Lipinski definition) is 5. The molecule has 0 amide bonds. The highest BCUT2D eigenvalue weighted by atomic mass is 16.5. The van der Waals surface area contributed by atoms with Gasteiger partial charge >= 0.3 is 5.97 Å². The highest BCUT2D eigenvalue weighted by molar-refractivity contribution is 5.99. The number of ketones is 1. The lowest BCUT2D eigenvalue weighted by Gasteiger charge is -2.35. The van der Waals surface area contributed by atoms with E-state index in [0.717, 1.165) is 11.3 Å². The van der Waals surface area contributed by atoms with Crippen molar-refractivity contribution in [2.45, 2.75) is 46.1 Å². The summed E-state index contributed by atoms with van der Waals surface area (Å²) in [6, 6.07) is 7.71. The Hall–Kier alpha value is -2.56. The Morgan fingerprint density at radius 2 is 1.84 bits per heavy atom. The van der Waals surface area contributed by atoms with Crippen molar-refractivity contribution in [3.63, 3.8) is 0 Å². The van der Waals surface area contributed by atoms with Crippen LogP contribution in [0.4, 0.5) is 5.69 Å². The Morgan fingerprint density at radius 1 is 1.24 bits per heavy atom. The number of rotatable bonds is 5. The Kier molecular flexibility index (Phi) is 5.36. The smallest absolute Gasteiger partial charge is 0.339 e. The Morgan fingerprint density at radius 3 is 2.36 bits per heavy atom. The summed E-state index contributed by atoms with van der Waals surface area (Å²) in [6.45, 7) is 7.54. The maximum absolute atomic E-state index is 12.2. The summed E-state index contributed by atoms with van der Waals surface area (Å²) in [7, 11) is 1.28. The molecular formula is C20H25NO4. The van der Waals surface area contributed by atoms with Gasteiger partial charge in [0.2, 0.25) is 0 Å². The largest absolute Gasteiger partial charge is 0.505 e. The molecule has 2 rings (SSSR count). The lowest BCUT2D eigenvalue weighted by Crippen LogP contribution is -2.42. The molecule has 0 saturated carbocycles. The first-order chi connectivity index (χ1) is 11.7. The highest BCUT2D eigenvalue weighted by Gasteiger charge is 2.47. The second kappa shape index (κ2) is 7.13. The van der Waals surface area contributed by atoms with Crippen LogP contribution in [0.25, 0.3) is 0 Å². The molecule has 1 aromatic carbocycles. The number of aliphatic hydroxyl groups is 1. The van der Waals surface area contributed by atoms with Crippen molar-refractivity contribution >= 4 is 17.4 Å². The van der Waals surface area contributed by atoms with Gasteiger partial charge in [-0.1, -0.05) is 24.6 Å². The number of carbonyl (C=O) groups excluding carboxylic acids is 2. The monoisotopic (exact) mass is 343 g/mol. The van der Waals surface area contributed by atoms with E-state index in [-0.39, 0.29) is 17.1 Å². The molecule has 0 saturated heterocycles. The van der Waals surface area contributed by atoms with Crippen LogP contribution >= 0.6 is 0 Å². The van der Waals surface area contributed by atoms with E-state index in [9.17, 15) is 14.7 Å². The molecule has 0 fully saturated rings. The van der Waals surface area contributed by atoms with E-state index in [0.29, 0.717) is 18.5 Å². The van der Waals surface area contributed by atoms with Crippen LogP contribution in [0.5, 0.6) is 0 Å². The van der Waals surface area contributed by atoms with Crippen LogP contribution in [-0.4, -0.2) is 29.5 Å². The molecule has 0 unspecified atom stereocenters. The van der Waals surface area contributed by atoms with Gasteiger partial charge in [0, 0.05) is 18.2 Å². The number of aryl methyl sites for hydroxylation is 1. The fraction of sp³-hybridized carbons (Fsp3) is 0.400. The van der Waals surface area contributed by atoms with Crippen molar-refractivity contribution in [2.24, 2.45) is 0 Å². The third-order valence-electron chi connectivity index (χ3n) is 4.37. The number of methoxy groups -OCH3 is 1. The quantitative estimate of drug-likeness (QED) is 0.650. The van der Waals surface area contributed by atoms with Gasteiger partial charge in [-0.3, -0.25) is 4.79 Å². The minimum atomic E-state index is -0.856. The molecule has 1 heterocycles. The van der Waals surface area contributed by atoms with Gasteiger partial charge in [0.25, 0.3) is 0 Å². The molecule has 1 aliphatic heterocycles. The van der Waals surface area contributed by atoms with Crippen LogP contribution in [0.2, 0.25) is 0 Å². The highest BCUT2D eigenvalue weighted by Crippen LogP contribution is 2.44. The lowest BCUT2D eigenvalue weighted by atomic mass is 9.94. The molecule has 0 spiro atoms. The number of allylic oxidation sites excluding steroid dienone is 1. The number of nitrogens with zero attached hydrogens (tertiary/aromatic N) is 1. The number of benzene rings is 1. The van der Waals surface area contributed by atoms with Crippen molar-refractivity contribution in [2.75, 3.05) is 12.0 Å². The number of ether oxygens (including phenoxy) is 1. The standard InChI is InChI=1S/C20H25NO4/c1-6-7-15(22)12-16-18(23)17(19(24)25-5)20(3,4)21(16)14-10-8-13(2)9-11-14/h8-12,23H,6-7H2,1-5H3/b16-12+. The van der Waals surface area contributed by atoms with E-state index in [4.69, 9.17) is 4.74 Å². The number of aliphatic hydroxyl groups excluding tert-OH is 1. The molecule has 0 radical (unpaired) electrons. The summed E-state index contributed by atoms with van der Waals surface area (Å²) >= 11 is 0. The molecule has 0 bridgehead atoms. The second-order valence-corrected chi connectivity index (χ2v) is 6.69.